The van der Waals surface area contributed by atoms with Gasteiger partial charge in [0.25, 0.3) is 5.91 Å². The number of carbonyl (C=O) groups excluding carboxylic acids is 1. The summed E-state index contributed by atoms with van der Waals surface area (Å²) in [5.74, 6) is -1.59. The third kappa shape index (κ3) is 2.50. The number of carboxylic acid groups (broad SMARTS) is 1. The van der Waals surface area contributed by atoms with Gasteiger partial charge in [-0.25, -0.2) is 4.79 Å². The summed E-state index contributed by atoms with van der Waals surface area (Å²) in [6.45, 7) is 1.50. The number of aromatic hydroxyl groups is 1. The van der Waals surface area contributed by atoms with Crippen molar-refractivity contribution in [3.63, 3.8) is 0 Å². The monoisotopic (exact) mass is 299 g/mol. The number of fused-ring (bicyclic) bond motifs is 1. The van der Waals surface area contributed by atoms with Crippen LogP contribution in [0.3, 0.4) is 0 Å². The van der Waals surface area contributed by atoms with Crippen LogP contribution in [0.2, 0.25) is 0 Å². The summed E-state index contributed by atoms with van der Waals surface area (Å²) in [7, 11) is 0. The predicted octanol–water partition coefficient (Wildman–Crippen LogP) is 2.62. The maximum atomic E-state index is 12.7. The first-order chi connectivity index (χ1) is 10.5. The highest BCUT2D eigenvalue weighted by molar-refractivity contribution is 6.03. The van der Waals surface area contributed by atoms with E-state index in [9.17, 15) is 19.8 Å². The predicted molar refractivity (Wildman–Crippen MR) is 81.9 cm³/mol. The summed E-state index contributed by atoms with van der Waals surface area (Å²) < 4.78 is 0. The SMILES string of the molecule is CC(C(=O)O)N(C(=O)c1cc2ccccc2cc1O)C1CC1. The quantitative estimate of drug-likeness (QED) is 0.909. The fourth-order valence-electron chi connectivity index (χ4n) is 2.67. The van der Waals surface area contributed by atoms with Gasteiger partial charge in [0, 0.05) is 6.04 Å². The number of rotatable bonds is 4. The van der Waals surface area contributed by atoms with Crippen LogP contribution in [0, 0.1) is 0 Å². The molecule has 0 bridgehead atoms. The second-order valence-electron chi connectivity index (χ2n) is 5.67. The van der Waals surface area contributed by atoms with Crippen LogP contribution in [0.5, 0.6) is 5.75 Å². The molecule has 0 spiro atoms. The molecule has 5 heteroatoms. The van der Waals surface area contributed by atoms with Crippen LogP contribution < -0.4 is 0 Å². The molecule has 1 unspecified atom stereocenters. The Morgan fingerprint density at radius 1 is 1.18 bits per heavy atom. The van der Waals surface area contributed by atoms with Crippen LogP contribution in [-0.2, 0) is 4.79 Å². The van der Waals surface area contributed by atoms with Gasteiger partial charge in [-0.3, -0.25) is 4.79 Å². The second-order valence-corrected chi connectivity index (χ2v) is 5.67. The normalized spacial score (nSPS) is 15.5. The van der Waals surface area contributed by atoms with Gasteiger partial charge in [-0.05, 0) is 42.7 Å². The van der Waals surface area contributed by atoms with E-state index in [0.717, 1.165) is 23.6 Å². The van der Waals surface area contributed by atoms with Crippen LogP contribution in [0.4, 0.5) is 0 Å². The maximum absolute atomic E-state index is 12.7. The average molecular weight is 299 g/mol. The standard InChI is InChI=1S/C17H17NO4/c1-10(17(21)22)18(13-6-7-13)16(20)14-8-11-4-2-3-5-12(11)9-15(14)19/h2-5,8-10,13,19H,6-7H2,1H3,(H,21,22). The smallest absolute Gasteiger partial charge is 0.326 e. The minimum absolute atomic E-state index is 0.0514. The van der Waals surface area contributed by atoms with Gasteiger partial charge in [-0.2, -0.15) is 0 Å². The van der Waals surface area contributed by atoms with Crippen molar-refractivity contribution < 1.29 is 19.8 Å². The zero-order chi connectivity index (χ0) is 15.9. The number of hydrogen-bond donors (Lipinski definition) is 2. The van der Waals surface area contributed by atoms with Crippen molar-refractivity contribution in [2.45, 2.75) is 31.8 Å². The molecule has 5 nitrogen and oxygen atoms in total. The number of aliphatic carboxylic acids is 1. The molecule has 1 fully saturated rings. The Labute approximate surface area is 127 Å². The number of carboxylic acids is 1. The number of carbonyl (C=O) groups is 2. The van der Waals surface area contributed by atoms with Gasteiger partial charge in [0.2, 0.25) is 0 Å². The molecule has 0 heterocycles. The van der Waals surface area contributed by atoms with Crippen LogP contribution in [0.15, 0.2) is 36.4 Å². The molecule has 0 radical (unpaired) electrons. The highest BCUT2D eigenvalue weighted by Gasteiger charge is 2.39. The Bertz CT molecular complexity index is 751. The van der Waals surface area contributed by atoms with Crippen molar-refractivity contribution >= 4 is 22.6 Å². The summed E-state index contributed by atoms with van der Waals surface area (Å²) in [4.78, 5) is 25.4. The Balaban J connectivity index is 2.03. The van der Waals surface area contributed by atoms with Crippen LogP contribution in [-0.4, -0.2) is 39.1 Å². The largest absolute Gasteiger partial charge is 0.507 e. The van der Waals surface area contributed by atoms with E-state index in [2.05, 4.69) is 0 Å². The molecule has 2 aromatic rings. The molecule has 3 rings (SSSR count). The Morgan fingerprint density at radius 3 is 2.32 bits per heavy atom. The summed E-state index contributed by atoms with van der Waals surface area (Å²) in [5, 5.41) is 21.0. The zero-order valence-corrected chi connectivity index (χ0v) is 12.2. The number of hydrogen-bond acceptors (Lipinski definition) is 3. The lowest BCUT2D eigenvalue weighted by molar-refractivity contribution is -0.141. The third-order valence-electron chi connectivity index (χ3n) is 4.04. The van der Waals surface area contributed by atoms with E-state index >= 15 is 0 Å². The number of benzene rings is 2. The summed E-state index contributed by atoms with van der Waals surface area (Å²) in [6, 6.07) is 9.61. The van der Waals surface area contributed by atoms with E-state index in [1.54, 1.807) is 12.1 Å². The first-order valence-corrected chi connectivity index (χ1v) is 7.26. The Hall–Kier alpha value is -2.56. The topological polar surface area (TPSA) is 77.8 Å². The van der Waals surface area contributed by atoms with E-state index in [-0.39, 0.29) is 17.4 Å². The van der Waals surface area contributed by atoms with Gasteiger partial charge < -0.3 is 15.1 Å². The van der Waals surface area contributed by atoms with Gasteiger partial charge in [0.05, 0.1) is 5.56 Å². The molecule has 2 aromatic carbocycles. The van der Waals surface area contributed by atoms with Gasteiger partial charge in [0.15, 0.2) is 0 Å². The molecule has 0 saturated heterocycles. The van der Waals surface area contributed by atoms with Crippen molar-refractivity contribution in [2.24, 2.45) is 0 Å². The maximum Gasteiger partial charge on any atom is 0.326 e. The molecule has 22 heavy (non-hydrogen) atoms. The molecule has 1 aliphatic rings. The third-order valence-corrected chi connectivity index (χ3v) is 4.04. The highest BCUT2D eigenvalue weighted by Crippen LogP contribution is 2.33. The molecular formula is C17H17NO4. The molecule has 1 amide bonds. The van der Waals surface area contributed by atoms with E-state index in [4.69, 9.17) is 0 Å². The number of nitrogens with zero attached hydrogens (tertiary/aromatic N) is 1. The number of amides is 1. The fraction of sp³-hybridized carbons (Fsp3) is 0.294. The van der Waals surface area contributed by atoms with Crippen LogP contribution in [0.1, 0.15) is 30.1 Å². The minimum Gasteiger partial charge on any atom is -0.507 e. The van der Waals surface area contributed by atoms with E-state index in [1.807, 2.05) is 24.3 Å². The number of phenolic OH excluding ortho intramolecular Hbond substituents is 1. The summed E-state index contributed by atoms with van der Waals surface area (Å²) in [6.07, 6.45) is 1.61. The summed E-state index contributed by atoms with van der Waals surface area (Å²) in [5.41, 5.74) is 0.152. The first-order valence-electron chi connectivity index (χ1n) is 7.26. The number of phenols is 1. The van der Waals surface area contributed by atoms with Gasteiger partial charge >= 0.3 is 5.97 Å². The van der Waals surface area contributed by atoms with E-state index in [0.29, 0.717) is 0 Å². The lowest BCUT2D eigenvalue weighted by Crippen LogP contribution is -2.44. The fourth-order valence-corrected chi connectivity index (χ4v) is 2.67. The van der Waals surface area contributed by atoms with E-state index < -0.39 is 17.9 Å². The van der Waals surface area contributed by atoms with Crippen molar-refractivity contribution in [3.8, 4) is 5.75 Å². The Kier molecular flexibility index (Phi) is 3.48. The first kappa shape index (κ1) is 14.4. The van der Waals surface area contributed by atoms with Gasteiger partial charge in [-0.15, -0.1) is 0 Å². The molecule has 0 aliphatic heterocycles. The molecule has 1 saturated carbocycles. The molecular weight excluding hydrogens is 282 g/mol. The molecule has 114 valence electrons. The lowest BCUT2D eigenvalue weighted by Gasteiger charge is -2.27. The highest BCUT2D eigenvalue weighted by atomic mass is 16.4. The Morgan fingerprint density at radius 2 is 1.77 bits per heavy atom. The molecule has 1 aliphatic carbocycles. The van der Waals surface area contributed by atoms with Crippen molar-refractivity contribution in [1.29, 1.82) is 0 Å². The minimum atomic E-state index is -1.04. The van der Waals surface area contributed by atoms with Crippen molar-refractivity contribution in [2.75, 3.05) is 0 Å². The van der Waals surface area contributed by atoms with Gasteiger partial charge in [-0.1, -0.05) is 24.3 Å². The van der Waals surface area contributed by atoms with E-state index in [1.165, 1.54) is 11.8 Å². The second kappa shape index (κ2) is 5.33. The van der Waals surface area contributed by atoms with Crippen LogP contribution >= 0.6 is 0 Å². The zero-order valence-electron chi connectivity index (χ0n) is 12.2. The lowest BCUT2D eigenvalue weighted by atomic mass is 10.0. The average Bonchev–Trinajstić information content (AvgIpc) is 3.31. The molecule has 0 aromatic heterocycles. The van der Waals surface area contributed by atoms with Crippen LogP contribution in [0.25, 0.3) is 10.8 Å². The summed E-state index contributed by atoms with van der Waals surface area (Å²) >= 11 is 0. The molecule has 1 atom stereocenters. The molecule has 2 N–H and O–H groups in total. The van der Waals surface area contributed by atoms with Crippen molar-refractivity contribution in [1.82, 2.24) is 4.90 Å². The van der Waals surface area contributed by atoms with Gasteiger partial charge in [0.1, 0.15) is 11.8 Å². The van der Waals surface area contributed by atoms with Crippen molar-refractivity contribution in [3.05, 3.63) is 42.0 Å².